The van der Waals surface area contributed by atoms with Crippen molar-refractivity contribution in [1.82, 2.24) is 0 Å². The van der Waals surface area contributed by atoms with E-state index in [0.717, 1.165) is 22.0 Å². The highest BCUT2D eigenvalue weighted by Gasteiger charge is 2.61. The molecular weight excluding hydrogens is 744 g/mol. The molecule has 53 heavy (non-hydrogen) atoms. The van der Waals surface area contributed by atoms with Crippen molar-refractivity contribution in [3.05, 3.63) is 119 Å². The first-order valence-electron chi connectivity index (χ1n) is 18.9. The van der Waals surface area contributed by atoms with Crippen LogP contribution < -0.4 is 10.4 Å². The Morgan fingerprint density at radius 3 is 2.00 bits per heavy atom. The van der Waals surface area contributed by atoms with Gasteiger partial charge in [-0.2, -0.15) is 0 Å². The number of rotatable bonds is 14. The molecule has 0 N–H and O–H groups in total. The highest BCUT2D eigenvalue weighted by molar-refractivity contribution is 9.11. The second-order valence-corrected chi connectivity index (χ2v) is 21.4. The Balaban J connectivity index is 1.55. The van der Waals surface area contributed by atoms with Gasteiger partial charge in [0.2, 0.25) is 0 Å². The van der Waals surface area contributed by atoms with Gasteiger partial charge in [0.15, 0.2) is 5.78 Å². The van der Waals surface area contributed by atoms with Crippen molar-refractivity contribution in [2.45, 2.75) is 79.1 Å². The molecular formula is C45H57BrO6Si. The minimum absolute atomic E-state index is 0.103. The van der Waals surface area contributed by atoms with E-state index in [0.29, 0.717) is 13.2 Å². The van der Waals surface area contributed by atoms with Crippen LogP contribution in [0.5, 0.6) is 0 Å². The number of ether oxygens (including phenoxy) is 3. The monoisotopic (exact) mass is 800 g/mol. The lowest BCUT2D eigenvalue weighted by Gasteiger charge is -2.58. The van der Waals surface area contributed by atoms with Gasteiger partial charge < -0.3 is 18.6 Å². The summed E-state index contributed by atoms with van der Waals surface area (Å²) in [5.74, 6) is -0.709. The van der Waals surface area contributed by atoms with Crippen molar-refractivity contribution >= 4 is 46.4 Å². The second kappa shape index (κ2) is 17.5. The molecule has 0 bridgehead atoms. The van der Waals surface area contributed by atoms with Crippen molar-refractivity contribution < 1.29 is 28.2 Å². The van der Waals surface area contributed by atoms with E-state index in [-0.39, 0.29) is 59.7 Å². The number of carbonyl (C=O) groups excluding carboxylic acids is 2. The van der Waals surface area contributed by atoms with Crippen LogP contribution in [0, 0.1) is 35.0 Å². The summed E-state index contributed by atoms with van der Waals surface area (Å²) in [7, 11) is -1.60. The number of Topliss-reactive ketones (excluding diaryl/α,β-unsaturated/α-hetero) is 1. The molecule has 0 saturated heterocycles. The highest BCUT2D eigenvalue weighted by atomic mass is 79.9. The standard InChI is InChI=1S/C45H57BrO6Si/c1-31(24-25-50-30-51-29-34-18-12-9-13-19-34)37-27-38(46)41-42(45(37,7)39(47)28-40(48)49-8)32(2)26-33(3)43(41)52-53(44(4,5)6,35-20-14-10-15-21-35)36-22-16-11-17-23-36/h9-24,27,32-33,37,41-43H,25-26,28-30H2,1-8H3/b31-24+/t32-,33-,37-,41-,42+,43-,45-/m0/s1. The predicted octanol–water partition coefficient (Wildman–Crippen LogP) is 9.02. The number of allylic oxidation sites excluding steroid dienone is 2. The molecule has 6 nitrogen and oxygen atoms in total. The molecule has 0 amide bonds. The molecule has 1 fully saturated rings. The number of carbonyl (C=O) groups is 2. The maximum atomic E-state index is 14.7. The van der Waals surface area contributed by atoms with E-state index in [1.807, 2.05) is 36.4 Å². The Kier molecular flexibility index (Phi) is 13.6. The number of halogens is 1. The summed E-state index contributed by atoms with van der Waals surface area (Å²) in [5.41, 5.74) is 1.19. The third-order valence-corrected chi connectivity index (χ3v) is 17.6. The van der Waals surface area contributed by atoms with E-state index in [4.69, 9.17) is 18.6 Å². The van der Waals surface area contributed by atoms with Gasteiger partial charge >= 0.3 is 5.97 Å². The Labute approximate surface area is 326 Å². The van der Waals surface area contributed by atoms with Crippen LogP contribution in [0.2, 0.25) is 5.04 Å². The van der Waals surface area contributed by atoms with Crippen LogP contribution in [-0.4, -0.2) is 46.7 Å². The quantitative estimate of drug-likeness (QED) is 0.0405. The van der Waals surface area contributed by atoms with E-state index in [2.05, 4.69) is 131 Å². The second-order valence-electron chi connectivity index (χ2n) is 16.2. The first-order valence-corrected chi connectivity index (χ1v) is 21.6. The molecule has 284 valence electrons. The molecule has 2 aliphatic carbocycles. The van der Waals surface area contributed by atoms with E-state index < -0.39 is 19.7 Å². The normalized spacial score (nSPS) is 26.4. The van der Waals surface area contributed by atoms with Gasteiger partial charge in [-0.25, -0.2) is 0 Å². The van der Waals surface area contributed by atoms with Crippen LogP contribution in [0.3, 0.4) is 0 Å². The lowest BCUT2D eigenvalue weighted by Crippen LogP contribution is -2.70. The molecule has 0 unspecified atom stereocenters. The average molecular weight is 802 g/mol. The smallest absolute Gasteiger partial charge is 0.313 e. The summed E-state index contributed by atoms with van der Waals surface area (Å²) in [4.78, 5) is 27.4. The Hall–Kier alpha value is -3.14. The summed E-state index contributed by atoms with van der Waals surface area (Å²) in [6.07, 6.45) is 4.68. The summed E-state index contributed by atoms with van der Waals surface area (Å²) >= 11 is 4.11. The molecule has 3 aromatic carbocycles. The molecule has 1 saturated carbocycles. The maximum Gasteiger partial charge on any atom is 0.313 e. The maximum absolute atomic E-state index is 14.7. The average Bonchev–Trinajstić information content (AvgIpc) is 3.14. The molecule has 0 spiro atoms. The van der Waals surface area contributed by atoms with Gasteiger partial charge in [0.05, 0.1) is 26.4 Å². The molecule has 0 aliphatic heterocycles. The molecule has 8 heteroatoms. The van der Waals surface area contributed by atoms with Crippen LogP contribution in [0.1, 0.15) is 66.9 Å². The van der Waals surface area contributed by atoms with E-state index in [1.165, 1.54) is 17.5 Å². The van der Waals surface area contributed by atoms with Crippen molar-refractivity contribution in [3.8, 4) is 0 Å². The van der Waals surface area contributed by atoms with Crippen molar-refractivity contribution in [1.29, 1.82) is 0 Å². The predicted molar refractivity (Wildman–Crippen MR) is 218 cm³/mol. The van der Waals surface area contributed by atoms with Crippen LogP contribution >= 0.6 is 15.9 Å². The minimum Gasteiger partial charge on any atom is -0.469 e. The summed E-state index contributed by atoms with van der Waals surface area (Å²) in [6.45, 7) is 16.6. The first-order chi connectivity index (χ1) is 25.3. The zero-order chi connectivity index (χ0) is 38.4. The van der Waals surface area contributed by atoms with Gasteiger partial charge in [0.25, 0.3) is 8.32 Å². The van der Waals surface area contributed by atoms with E-state index in [9.17, 15) is 9.59 Å². The number of hydrogen-bond acceptors (Lipinski definition) is 6. The van der Waals surface area contributed by atoms with Crippen LogP contribution in [-0.2, 0) is 34.8 Å². The number of benzene rings is 3. The summed E-state index contributed by atoms with van der Waals surface area (Å²) in [6, 6.07) is 31.5. The van der Waals surface area contributed by atoms with Crippen molar-refractivity contribution in [2.24, 2.45) is 35.0 Å². The molecule has 0 heterocycles. The SMILES string of the molecule is COC(=O)CC(=O)[C@@]1(C)[C@H]2[C@H](C(Br)=C[C@H]1/C(C)=C/COCOCc1ccccc1)[C@@H](O[Si](c1ccccc1)(c1ccccc1)C(C)(C)C)[C@@H](C)C[C@@H]2C. The Morgan fingerprint density at radius 2 is 1.45 bits per heavy atom. The van der Waals surface area contributed by atoms with Gasteiger partial charge in [0.1, 0.15) is 13.2 Å². The molecule has 7 atom stereocenters. The lowest BCUT2D eigenvalue weighted by molar-refractivity contribution is -0.152. The molecule has 5 rings (SSSR count). The fourth-order valence-corrected chi connectivity index (χ4v) is 14.9. The zero-order valence-corrected chi connectivity index (χ0v) is 35.2. The van der Waals surface area contributed by atoms with Gasteiger partial charge in [-0.05, 0) is 56.6 Å². The number of esters is 1. The van der Waals surface area contributed by atoms with Gasteiger partial charge in [-0.15, -0.1) is 0 Å². The minimum atomic E-state index is -2.95. The fourth-order valence-electron chi connectivity index (χ4n) is 9.32. The van der Waals surface area contributed by atoms with E-state index >= 15 is 0 Å². The van der Waals surface area contributed by atoms with Crippen molar-refractivity contribution in [2.75, 3.05) is 20.5 Å². The largest absolute Gasteiger partial charge is 0.469 e. The van der Waals surface area contributed by atoms with Gasteiger partial charge in [-0.1, -0.05) is 166 Å². The molecule has 3 aromatic rings. The van der Waals surface area contributed by atoms with Crippen LogP contribution in [0.4, 0.5) is 0 Å². The fraction of sp³-hybridized carbons (Fsp3) is 0.467. The van der Waals surface area contributed by atoms with E-state index in [1.54, 1.807) is 0 Å². The molecule has 2 aliphatic rings. The summed E-state index contributed by atoms with van der Waals surface area (Å²) in [5, 5.41) is 2.24. The van der Waals surface area contributed by atoms with Gasteiger partial charge in [-0.3, -0.25) is 9.59 Å². The number of methoxy groups -OCH3 is 1. The Bertz CT molecular complexity index is 1700. The molecule has 0 radical (unpaired) electrons. The number of hydrogen-bond donors (Lipinski definition) is 0. The van der Waals surface area contributed by atoms with Crippen LogP contribution in [0.25, 0.3) is 0 Å². The Morgan fingerprint density at radius 1 is 0.887 bits per heavy atom. The first kappa shape index (κ1) is 41.0. The lowest BCUT2D eigenvalue weighted by atomic mass is 9.49. The van der Waals surface area contributed by atoms with Crippen molar-refractivity contribution in [3.63, 3.8) is 0 Å². The third kappa shape index (κ3) is 8.57. The zero-order valence-electron chi connectivity index (χ0n) is 32.6. The number of fused-ring (bicyclic) bond motifs is 1. The highest BCUT2D eigenvalue weighted by Crippen LogP contribution is 2.60. The molecule has 0 aromatic heterocycles. The van der Waals surface area contributed by atoms with Crippen LogP contribution in [0.15, 0.2) is 113 Å². The summed E-state index contributed by atoms with van der Waals surface area (Å²) < 4.78 is 25.7. The third-order valence-electron chi connectivity index (χ3n) is 11.8. The number of ketones is 1. The van der Waals surface area contributed by atoms with Gasteiger partial charge in [0, 0.05) is 17.3 Å². The topological polar surface area (TPSA) is 71.1 Å².